The number of hydrogen-bond donors (Lipinski definition) is 3. The topological polar surface area (TPSA) is 103 Å². The Morgan fingerprint density at radius 3 is 2.80 bits per heavy atom. The van der Waals surface area contributed by atoms with Crippen LogP contribution in [0.3, 0.4) is 0 Å². The summed E-state index contributed by atoms with van der Waals surface area (Å²) in [4.78, 5) is 8.82. The van der Waals surface area contributed by atoms with Crippen molar-refractivity contribution < 1.29 is 9.84 Å². The number of hydrogen-bond acceptors (Lipinski definition) is 7. The number of rotatable bonds is 5. The van der Waals surface area contributed by atoms with Crippen LogP contribution in [0, 0.1) is 11.3 Å². The minimum absolute atomic E-state index is 0.139. The van der Waals surface area contributed by atoms with Crippen LogP contribution in [0.4, 0.5) is 11.8 Å². The van der Waals surface area contributed by atoms with Crippen LogP contribution < -0.4 is 10.6 Å². The summed E-state index contributed by atoms with van der Waals surface area (Å²) >= 11 is 0. The first-order valence-corrected chi connectivity index (χ1v) is 9.20. The molecule has 2 aliphatic carbocycles. The maximum atomic E-state index is 9.85. The summed E-state index contributed by atoms with van der Waals surface area (Å²) in [6.07, 6.45) is 9.35. The molecule has 0 aromatic carbocycles. The summed E-state index contributed by atoms with van der Waals surface area (Å²) in [5, 5.41) is 25.9. The Kier molecular flexibility index (Phi) is 6.05. The van der Waals surface area contributed by atoms with Gasteiger partial charge in [0.2, 0.25) is 5.95 Å². The van der Waals surface area contributed by atoms with Crippen molar-refractivity contribution in [3.63, 3.8) is 0 Å². The molecule has 25 heavy (non-hydrogen) atoms. The van der Waals surface area contributed by atoms with Crippen molar-refractivity contribution in [3.05, 3.63) is 11.8 Å². The maximum absolute atomic E-state index is 9.85. The van der Waals surface area contributed by atoms with E-state index in [9.17, 15) is 10.4 Å². The second-order valence-electron chi connectivity index (χ2n) is 7.04. The molecule has 1 aromatic rings. The highest BCUT2D eigenvalue weighted by atomic mass is 16.5. The average molecular weight is 345 g/mol. The molecule has 1 aromatic heterocycles. The second kappa shape index (κ2) is 8.45. The number of nitrogens with zero attached hydrogens (tertiary/aromatic N) is 3. The minimum Gasteiger partial charge on any atom is -0.393 e. The van der Waals surface area contributed by atoms with Crippen molar-refractivity contribution in [2.45, 2.75) is 75.7 Å². The van der Waals surface area contributed by atoms with Crippen LogP contribution in [0.25, 0.3) is 0 Å². The molecule has 7 heteroatoms. The van der Waals surface area contributed by atoms with Gasteiger partial charge in [-0.2, -0.15) is 10.2 Å². The van der Waals surface area contributed by atoms with Gasteiger partial charge in [-0.25, -0.2) is 4.98 Å². The van der Waals surface area contributed by atoms with E-state index in [1.807, 2.05) is 0 Å². The molecular weight excluding hydrogens is 318 g/mol. The minimum atomic E-state index is -0.277. The Bertz CT molecular complexity index is 618. The number of aliphatic hydroxyl groups excluding tert-OH is 1. The fourth-order valence-electron chi connectivity index (χ4n) is 3.84. The van der Waals surface area contributed by atoms with E-state index in [1.165, 1.54) is 12.8 Å². The Hall–Kier alpha value is -1.91. The Labute approximate surface area is 148 Å². The molecule has 2 aliphatic rings. The van der Waals surface area contributed by atoms with Crippen molar-refractivity contribution in [2.24, 2.45) is 0 Å². The number of nitriles is 1. The van der Waals surface area contributed by atoms with E-state index in [2.05, 4.69) is 26.7 Å². The van der Waals surface area contributed by atoms with Crippen molar-refractivity contribution in [2.75, 3.05) is 17.7 Å². The van der Waals surface area contributed by atoms with E-state index in [-0.39, 0.29) is 24.3 Å². The summed E-state index contributed by atoms with van der Waals surface area (Å²) in [6, 6.07) is 2.47. The predicted octanol–water partition coefficient (Wildman–Crippen LogP) is 2.43. The van der Waals surface area contributed by atoms with E-state index in [0.29, 0.717) is 23.8 Å². The Morgan fingerprint density at radius 2 is 2.04 bits per heavy atom. The molecule has 3 rings (SSSR count). The Morgan fingerprint density at radius 1 is 1.20 bits per heavy atom. The number of aliphatic hydroxyl groups is 1. The van der Waals surface area contributed by atoms with Crippen molar-refractivity contribution in [1.29, 1.82) is 5.26 Å². The van der Waals surface area contributed by atoms with Gasteiger partial charge in [-0.05, 0) is 38.5 Å². The largest absolute Gasteiger partial charge is 0.393 e. The van der Waals surface area contributed by atoms with E-state index in [1.54, 1.807) is 13.3 Å². The smallest absolute Gasteiger partial charge is 0.224 e. The van der Waals surface area contributed by atoms with Crippen LogP contribution in [0.2, 0.25) is 0 Å². The molecule has 3 N–H and O–H groups in total. The van der Waals surface area contributed by atoms with E-state index in [4.69, 9.17) is 4.74 Å². The van der Waals surface area contributed by atoms with Gasteiger partial charge in [-0.1, -0.05) is 12.8 Å². The van der Waals surface area contributed by atoms with E-state index in [0.717, 1.165) is 32.1 Å². The van der Waals surface area contributed by atoms with Crippen molar-refractivity contribution in [3.8, 4) is 6.07 Å². The molecule has 0 aliphatic heterocycles. The quantitative estimate of drug-likeness (QED) is 0.753. The zero-order chi connectivity index (χ0) is 17.6. The highest BCUT2D eigenvalue weighted by molar-refractivity contribution is 5.54. The van der Waals surface area contributed by atoms with Gasteiger partial charge in [-0.15, -0.1) is 0 Å². The molecule has 4 atom stereocenters. The number of methoxy groups -OCH3 is 1. The van der Waals surface area contributed by atoms with Crippen LogP contribution in [-0.4, -0.2) is 46.5 Å². The highest BCUT2D eigenvalue weighted by Gasteiger charge is 2.26. The van der Waals surface area contributed by atoms with Gasteiger partial charge in [-0.3, -0.25) is 0 Å². The molecule has 0 amide bonds. The van der Waals surface area contributed by atoms with Gasteiger partial charge in [0.15, 0.2) is 0 Å². The van der Waals surface area contributed by atoms with Gasteiger partial charge in [0.05, 0.1) is 24.4 Å². The maximum Gasteiger partial charge on any atom is 0.224 e. The van der Waals surface area contributed by atoms with Crippen LogP contribution in [0.5, 0.6) is 0 Å². The standard InChI is InChI=1S/C18H27N5O2/c1-25-16-8-3-2-7-15(16)22-18-20-11-12(10-19)17(23-18)21-13-5-4-6-14(24)9-13/h11,13-16,24H,2-9H2,1H3,(H2,20,21,22,23)/t13-,14-,15+,16?/m0/s1. The number of anilines is 2. The van der Waals surface area contributed by atoms with Gasteiger partial charge in [0.25, 0.3) is 0 Å². The predicted molar refractivity (Wildman–Crippen MR) is 95.3 cm³/mol. The first-order chi connectivity index (χ1) is 12.2. The molecule has 0 radical (unpaired) electrons. The molecule has 0 spiro atoms. The third-order valence-electron chi connectivity index (χ3n) is 5.22. The van der Waals surface area contributed by atoms with E-state index >= 15 is 0 Å². The lowest BCUT2D eigenvalue weighted by molar-refractivity contribution is 0.0604. The molecule has 136 valence electrons. The monoisotopic (exact) mass is 345 g/mol. The molecule has 2 saturated carbocycles. The van der Waals surface area contributed by atoms with Gasteiger partial charge >= 0.3 is 0 Å². The van der Waals surface area contributed by atoms with Gasteiger partial charge in [0.1, 0.15) is 17.5 Å². The zero-order valence-electron chi connectivity index (χ0n) is 14.7. The normalized spacial score (nSPS) is 29.6. The molecule has 2 fully saturated rings. The second-order valence-corrected chi connectivity index (χ2v) is 7.04. The third kappa shape index (κ3) is 4.59. The lowest BCUT2D eigenvalue weighted by atomic mass is 9.92. The van der Waals surface area contributed by atoms with Crippen LogP contribution in [0.15, 0.2) is 6.20 Å². The lowest BCUT2D eigenvalue weighted by Crippen LogP contribution is -2.38. The molecule has 0 bridgehead atoms. The molecule has 7 nitrogen and oxygen atoms in total. The first-order valence-electron chi connectivity index (χ1n) is 9.20. The van der Waals surface area contributed by atoms with Crippen LogP contribution >= 0.6 is 0 Å². The molecule has 1 unspecified atom stereocenters. The summed E-state index contributed by atoms with van der Waals surface area (Å²) in [6.45, 7) is 0. The van der Waals surface area contributed by atoms with Crippen LogP contribution in [-0.2, 0) is 4.74 Å². The van der Waals surface area contributed by atoms with Gasteiger partial charge < -0.3 is 20.5 Å². The van der Waals surface area contributed by atoms with E-state index < -0.39 is 0 Å². The molecule has 0 saturated heterocycles. The SMILES string of the molecule is COC1CCCC[C@H]1Nc1ncc(C#N)c(N[C@H]2CCC[C@H](O)C2)n1. The summed E-state index contributed by atoms with van der Waals surface area (Å²) in [5.41, 5.74) is 0.428. The third-order valence-corrected chi connectivity index (χ3v) is 5.22. The average Bonchev–Trinajstić information content (AvgIpc) is 2.62. The fourth-order valence-corrected chi connectivity index (χ4v) is 3.84. The summed E-state index contributed by atoms with van der Waals surface area (Å²) in [7, 11) is 1.74. The first kappa shape index (κ1) is 17.9. The number of ether oxygens (including phenoxy) is 1. The van der Waals surface area contributed by atoms with Crippen molar-refractivity contribution in [1.82, 2.24) is 9.97 Å². The fraction of sp³-hybridized carbons (Fsp3) is 0.722. The number of aromatic nitrogens is 2. The molecular formula is C18H27N5O2. The Balaban J connectivity index is 1.72. The van der Waals surface area contributed by atoms with Crippen LogP contribution in [0.1, 0.15) is 56.9 Å². The lowest BCUT2D eigenvalue weighted by Gasteiger charge is -2.31. The van der Waals surface area contributed by atoms with Crippen molar-refractivity contribution >= 4 is 11.8 Å². The van der Waals surface area contributed by atoms with Gasteiger partial charge in [0, 0.05) is 13.2 Å². The highest BCUT2D eigenvalue weighted by Crippen LogP contribution is 2.26. The summed E-state index contributed by atoms with van der Waals surface area (Å²) < 4.78 is 5.57. The number of nitrogens with one attached hydrogen (secondary N) is 2. The molecule has 1 heterocycles. The zero-order valence-corrected chi connectivity index (χ0v) is 14.7. The summed E-state index contributed by atoms with van der Waals surface area (Å²) in [5.74, 6) is 1.07.